The average Bonchev–Trinajstić information content (AvgIpc) is 3.27. The number of halogens is 1. The van der Waals surface area contributed by atoms with Crippen LogP contribution in [0, 0.1) is 5.82 Å². The summed E-state index contributed by atoms with van der Waals surface area (Å²) < 4.78 is 19.1. The number of aromatic amines is 1. The molecule has 4 aromatic rings. The van der Waals surface area contributed by atoms with E-state index in [4.69, 9.17) is 4.74 Å². The molecule has 0 bridgehead atoms. The van der Waals surface area contributed by atoms with Crippen molar-refractivity contribution in [3.05, 3.63) is 77.9 Å². The van der Waals surface area contributed by atoms with Gasteiger partial charge in [0.15, 0.2) is 0 Å². The molecule has 30 heavy (non-hydrogen) atoms. The number of aromatic nitrogens is 3. The van der Waals surface area contributed by atoms with Crippen LogP contribution < -0.4 is 10.1 Å². The van der Waals surface area contributed by atoms with E-state index < -0.39 is 0 Å². The first-order chi connectivity index (χ1) is 14.6. The molecule has 1 amide bonds. The molecular weight excluding hydrogens is 383 g/mol. The highest BCUT2D eigenvalue weighted by atomic mass is 19.1. The Morgan fingerprint density at radius 3 is 2.73 bits per heavy atom. The quantitative estimate of drug-likeness (QED) is 0.485. The maximum atomic E-state index is 13.3. The first-order valence-corrected chi connectivity index (χ1v) is 9.73. The van der Waals surface area contributed by atoms with Gasteiger partial charge in [0.25, 0.3) is 5.91 Å². The van der Waals surface area contributed by atoms with Gasteiger partial charge in [-0.05, 0) is 61.4 Å². The lowest BCUT2D eigenvalue weighted by molar-refractivity contribution is 0.0954. The van der Waals surface area contributed by atoms with E-state index in [1.807, 2.05) is 19.1 Å². The third-order valence-corrected chi connectivity index (χ3v) is 4.73. The number of amides is 1. The topological polar surface area (TPSA) is 79.9 Å². The van der Waals surface area contributed by atoms with Crippen LogP contribution in [-0.4, -0.2) is 34.2 Å². The number of carbonyl (C=O) groups excluding carboxylic acids is 1. The smallest absolute Gasteiger partial charge is 0.251 e. The Morgan fingerprint density at radius 2 is 2.00 bits per heavy atom. The van der Waals surface area contributed by atoms with E-state index in [1.165, 1.54) is 12.1 Å². The van der Waals surface area contributed by atoms with Crippen molar-refractivity contribution in [1.29, 1.82) is 0 Å². The second-order valence-electron chi connectivity index (χ2n) is 6.79. The van der Waals surface area contributed by atoms with Gasteiger partial charge in [0.2, 0.25) is 0 Å². The van der Waals surface area contributed by atoms with E-state index in [-0.39, 0.29) is 11.7 Å². The van der Waals surface area contributed by atoms with E-state index in [0.717, 1.165) is 16.5 Å². The Kier molecular flexibility index (Phi) is 5.70. The molecule has 2 heterocycles. The monoisotopic (exact) mass is 404 g/mol. The van der Waals surface area contributed by atoms with Crippen molar-refractivity contribution in [2.75, 3.05) is 13.2 Å². The van der Waals surface area contributed by atoms with Crippen LogP contribution in [0.5, 0.6) is 5.75 Å². The molecule has 0 saturated carbocycles. The lowest BCUT2D eigenvalue weighted by Gasteiger charge is -2.12. The Hall–Kier alpha value is -3.74. The molecule has 0 unspecified atom stereocenters. The van der Waals surface area contributed by atoms with Crippen LogP contribution >= 0.6 is 0 Å². The number of ether oxygens (including phenoxy) is 1. The van der Waals surface area contributed by atoms with Gasteiger partial charge in [-0.25, -0.2) is 9.37 Å². The predicted octanol–water partition coefficient (Wildman–Crippen LogP) is 4.14. The molecule has 0 aliphatic carbocycles. The summed E-state index contributed by atoms with van der Waals surface area (Å²) in [5, 5.41) is 10.4. The molecule has 0 aliphatic heterocycles. The number of fused-ring (bicyclic) bond motifs is 1. The van der Waals surface area contributed by atoms with E-state index >= 15 is 0 Å². The summed E-state index contributed by atoms with van der Waals surface area (Å²) in [6, 6.07) is 13.3. The lowest BCUT2D eigenvalue weighted by Crippen LogP contribution is -2.25. The summed E-state index contributed by atoms with van der Waals surface area (Å²) in [5.41, 5.74) is 3.61. The molecule has 2 N–H and O–H groups in total. The van der Waals surface area contributed by atoms with E-state index in [1.54, 1.807) is 36.7 Å². The highest BCUT2D eigenvalue weighted by Gasteiger charge is 2.12. The predicted molar refractivity (Wildman–Crippen MR) is 113 cm³/mol. The van der Waals surface area contributed by atoms with Crippen LogP contribution in [0.25, 0.3) is 22.2 Å². The third-order valence-electron chi connectivity index (χ3n) is 4.73. The van der Waals surface area contributed by atoms with E-state index in [2.05, 4.69) is 20.5 Å². The SMILES string of the molecule is CCOc1cc(-c2ccc(F)cc2)nc2cc(C(=O)NCCc3cn[nH]c3)ccc12. The maximum Gasteiger partial charge on any atom is 0.251 e. The minimum Gasteiger partial charge on any atom is -0.493 e. The Balaban J connectivity index is 1.62. The normalized spacial score (nSPS) is 10.9. The molecule has 2 aromatic heterocycles. The number of rotatable bonds is 7. The van der Waals surface area contributed by atoms with Crippen molar-refractivity contribution in [3.63, 3.8) is 0 Å². The van der Waals surface area contributed by atoms with Gasteiger partial charge in [-0.15, -0.1) is 0 Å². The van der Waals surface area contributed by atoms with Crippen molar-refractivity contribution >= 4 is 16.8 Å². The van der Waals surface area contributed by atoms with Crippen molar-refractivity contribution in [3.8, 4) is 17.0 Å². The van der Waals surface area contributed by atoms with Gasteiger partial charge in [0, 0.05) is 35.3 Å². The lowest BCUT2D eigenvalue weighted by atomic mass is 10.1. The maximum absolute atomic E-state index is 13.3. The van der Waals surface area contributed by atoms with Crippen LogP contribution in [0.4, 0.5) is 4.39 Å². The van der Waals surface area contributed by atoms with Gasteiger partial charge < -0.3 is 10.1 Å². The van der Waals surface area contributed by atoms with Crippen LogP contribution in [0.1, 0.15) is 22.8 Å². The third kappa shape index (κ3) is 4.30. The van der Waals surface area contributed by atoms with Crippen molar-refractivity contribution in [2.24, 2.45) is 0 Å². The zero-order chi connectivity index (χ0) is 20.9. The molecule has 7 heteroatoms. The Bertz CT molecular complexity index is 1160. The molecule has 0 saturated heterocycles. The molecule has 0 fully saturated rings. The fourth-order valence-electron chi connectivity index (χ4n) is 3.22. The number of nitrogens with zero attached hydrogens (tertiary/aromatic N) is 2. The second kappa shape index (κ2) is 8.73. The fourth-order valence-corrected chi connectivity index (χ4v) is 3.22. The molecule has 0 spiro atoms. The first kappa shape index (κ1) is 19.6. The molecule has 0 atom stereocenters. The van der Waals surface area contributed by atoms with Gasteiger partial charge in [-0.3, -0.25) is 9.89 Å². The zero-order valence-corrected chi connectivity index (χ0v) is 16.5. The van der Waals surface area contributed by atoms with Gasteiger partial charge in [0.1, 0.15) is 11.6 Å². The number of hydrogen-bond donors (Lipinski definition) is 2. The summed E-state index contributed by atoms with van der Waals surface area (Å²) in [5.74, 6) is 0.194. The highest BCUT2D eigenvalue weighted by molar-refractivity contribution is 5.99. The molecule has 0 aliphatic rings. The van der Waals surface area contributed by atoms with Gasteiger partial charge in [-0.1, -0.05) is 0 Å². The highest BCUT2D eigenvalue weighted by Crippen LogP contribution is 2.31. The number of benzene rings is 2. The number of pyridine rings is 1. The summed E-state index contributed by atoms with van der Waals surface area (Å²) in [4.78, 5) is 17.3. The van der Waals surface area contributed by atoms with Crippen LogP contribution in [-0.2, 0) is 6.42 Å². The van der Waals surface area contributed by atoms with Gasteiger partial charge in [-0.2, -0.15) is 5.10 Å². The fraction of sp³-hybridized carbons (Fsp3) is 0.174. The minimum absolute atomic E-state index is 0.174. The van der Waals surface area contributed by atoms with Gasteiger partial charge >= 0.3 is 0 Å². The number of hydrogen-bond acceptors (Lipinski definition) is 4. The average molecular weight is 404 g/mol. The number of carbonyl (C=O) groups is 1. The van der Waals surface area contributed by atoms with Crippen molar-refractivity contribution < 1.29 is 13.9 Å². The summed E-state index contributed by atoms with van der Waals surface area (Å²) in [6.07, 6.45) is 4.23. The van der Waals surface area contributed by atoms with Crippen LogP contribution in [0.2, 0.25) is 0 Å². The van der Waals surface area contributed by atoms with Crippen LogP contribution in [0.15, 0.2) is 60.9 Å². The van der Waals surface area contributed by atoms with Crippen LogP contribution in [0.3, 0.4) is 0 Å². The Labute approximate surface area is 173 Å². The number of nitrogens with one attached hydrogen (secondary N) is 2. The molecule has 152 valence electrons. The summed E-state index contributed by atoms with van der Waals surface area (Å²) in [6.45, 7) is 2.91. The standard InChI is InChI=1S/C23H21FN4O2/c1-2-30-22-12-20(16-3-6-18(24)7-4-16)28-21-11-17(5-8-19(21)22)23(29)25-10-9-15-13-26-27-14-15/h3-8,11-14H,2,9-10H2,1H3,(H,25,29)(H,26,27). The van der Waals surface area contributed by atoms with E-state index in [9.17, 15) is 9.18 Å². The summed E-state index contributed by atoms with van der Waals surface area (Å²) >= 11 is 0. The zero-order valence-electron chi connectivity index (χ0n) is 16.5. The second-order valence-corrected chi connectivity index (χ2v) is 6.79. The molecular formula is C23H21FN4O2. The van der Waals surface area contributed by atoms with Crippen molar-refractivity contribution in [1.82, 2.24) is 20.5 Å². The molecule has 0 radical (unpaired) electrons. The molecule has 6 nitrogen and oxygen atoms in total. The Morgan fingerprint density at radius 1 is 1.17 bits per heavy atom. The molecule has 4 rings (SSSR count). The van der Waals surface area contributed by atoms with E-state index in [0.29, 0.717) is 42.1 Å². The van der Waals surface area contributed by atoms with Gasteiger partial charge in [0.05, 0.1) is 24.0 Å². The number of H-pyrrole nitrogens is 1. The first-order valence-electron chi connectivity index (χ1n) is 9.73. The minimum atomic E-state index is -0.307. The molecule has 2 aromatic carbocycles. The summed E-state index contributed by atoms with van der Waals surface area (Å²) in [7, 11) is 0. The van der Waals surface area contributed by atoms with Crippen molar-refractivity contribution in [2.45, 2.75) is 13.3 Å². The largest absolute Gasteiger partial charge is 0.493 e.